The number of carboxylic acids is 1. The second kappa shape index (κ2) is 8.51. The van der Waals surface area contributed by atoms with E-state index in [-0.39, 0.29) is 18.7 Å². The van der Waals surface area contributed by atoms with Gasteiger partial charge in [0.25, 0.3) is 0 Å². The number of nitrogens with one attached hydrogen (secondary N) is 1. The second-order valence-corrected chi connectivity index (χ2v) is 5.37. The molecule has 1 amide bonds. The Labute approximate surface area is 130 Å². The van der Waals surface area contributed by atoms with Crippen molar-refractivity contribution in [1.82, 2.24) is 10.4 Å². The van der Waals surface area contributed by atoms with Gasteiger partial charge in [-0.1, -0.05) is 30.3 Å². The van der Waals surface area contributed by atoms with Crippen molar-refractivity contribution in [2.75, 3.05) is 19.7 Å². The Morgan fingerprint density at radius 3 is 2.68 bits per heavy atom. The molecule has 1 aliphatic heterocycles. The third kappa shape index (κ3) is 5.46. The summed E-state index contributed by atoms with van der Waals surface area (Å²) in [6.07, 6.45) is 2.62. The highest BCUT2D eigenvalue weighted by Gasteiger charge is 2.21. The average Bonchev–Trinajstić information content (AvgIpc) is 2.54. The van der Waals surface area contributed by atoms with Crippen molar-refractivity contribution in [3.63, 3.8) is 0 Å². The summed E-state index contributed by atoms with van der Waals surface area (Å²) in [6, 6.07) is 8.37. The summed E-state index contributed by atoms with van der Waals surface area (Å²) in [5, 5.41) is 13.6. The molecule has 1 aliphatic rings. The largest absolute Gasteiger partial charge is 0.480 e. The van der Waals surface area contributed by atoms with Gasteiger partial charge in [0.1, 0.15) is 6.04 Å². The van der Waals surface area contributed by atoms with Crippen LogP contribution in [-0.4, -0.2) is 47.8 Å². The molecule has 2 rings (SSSR count). The van der Waals surface area contributed by atoms with E-state index in [4.69, 9.17) is 4.84 Å². The summed E-state index contributed by atoms with van der Waals surface area (Å²) < 4.78 is 0. The molecule has 0 saturated carbocycles. The van der Waals surface area contributed by atoms with Gasteiger partial charge in [-0.15, -0.1) is 0 Å². The number of aliphatic carboxylic acids is 1. The van der Waals surface area contributed by atoms with Crippen molar-refractivity contribution in [3.8, 4) is 0 Å². The number of carbonyl (C=O) groups excluding carboxylic acids is 1. The first kappa shape index (κ1) is 16.5. The second-order valence-electron chi connectivity index (χ2n) is 5.37. The van der Waals surface area contributed by atoms with E-state index in [1.807, 2.05) is 30.3 Å². The number of hydrogen-bond donors (Lipinski definition) is 2. The molecule has 0 unspecified atom stereocenters. The van der Waals surface area contributed by atoms with Crippen LogP contribution in [0, 0.1) is 0 Å². The lowest BCUT2D eigenvalue weighted by atomic mass is 10.1. The van der Waals surface area contributed by atoms with Gasteiger partial charge in [-0.3, -0.25) is 9.63 Å². The zero-order valence-electron chi connectivity index (χ0n) is 12.5. The lowest BCUT2D eigenvalue weighted by molar-refractivity contribution is -0.181. The average molecular weight is 306 g/mol. The van der Waals surface area contributed by atoms with Gasteiger partial charge < -0.3 is 10.4 Å². The zero-order valence-corrected chi connectivity index (χ0v) is 12.5. The molecule has 1 heterocycles. The first-order valence-electron chi connectivity index (χ1n) is 7.59. The Balaban J connectivity index is 1.79. The van der Waals surface area contributed by atoms with E-state index in [1.54, 1.807) is 5.06 Å². The number of benzene rings is 1. The number of nitrogens with zero attached hydrogens (tertiary/aromatic N) is 1. The van der Waals surface area contributed by atoms with E-state index in [0.717, 1.165) is 24.9 Å². The monoisotopic (exact) mass is 306 g/mol. The van der Waals surface area contributed by atoms with Crippen LogP contribution in [0.5, 0.6) is 0 Å². The fraction of sp³-hybridized carbons (Fsp3) is 0.500. The van der Waals surface area contributed by atoms with Crippen LogP contribution in [0.1, 0.15) is 24.8 Å². The summed E-state index contributed by atoms with van der Waals surface area (Å²) in [6.45, 7) is 2.00. The highest BCUT2D eigenvalue weighted by atomic mass is 16.7. The van der Waals surface area contributed by atoms with Crippen molar-refractivity contribution in [1.29, 1.82) is 0 Å². The Hall–Kier alpha value is -1.92. The molecule has 0 aliphatic carbocycles. The predicted octanol–water partition coefficient (Wildman–Crippen LogP) is 1.22. The van der Waals surface area contributed by atoms with Crippen molar-refractivity contribution < 1.29 is 19.5 Å². The molecule has 1 atom stereocenters. The van der Waals surface area contributed by atoms with E-state index >= 15 is 0 Å². The lowest BCUT2D eigenvalue weighted by Gasteiger charge is -2.25. The van der Waals surface area contributed by atoms with Gasteiger partial charge in [0.05, 0.1) is 6.61 Å². The van der Waals surface area contributed by atoms with Crippen molar-refractivity contribution >= 4 is 11.9 Å². The van der Waals surface area contributed by atoms with E-state index in [0.29, 0.717) is 13.2 Å². The number of amides is 1. The molecule has 0 spiro atoms. The van der Waals surface area contributed by atoms with Crippen LogP contribution in [0.3, 0.4) is 0 Å². The van der Waals surface area contributed by atoms with Gasteiger partial charge in [-0.2, -0.15) is 5.06 Å². The first-order valence-corrected chi connectivity index (χ1v) is 7.59. The fourth-order valence-corrected chi connectivity index (χ4v) is 2.37. The Bertz CT molecular complexity index is 486. The maximum Gasteiger partial charge on any atom is 0.326 e. The molecule has 6 heteroatoms. The third-order valence-corrected chi connectivity index (χ3v) is 3.58. The maximum absolute atomic E-state index is 11.9. The quantitative estimate of drug-likeness (QED) is 0.792. The van der Waals surface area contributed by atoms with Crippen LogP contribution < -0.4 is 5.32 Å². The molecule has 0 bridgehead atoms. The standard InChI is InChI=1S/C16H22N2O4/c19-15(8-10-18-9-4-5-11-22-18)17-14(16(20)21)12-13-6-2-1-3-7-13/h1-3,6-7,14H,4-5,8-12H2,(H,17,19)(H,20,21)/t14-/m0/s1. The third-order valence-electron chi connectivity index (χ3n) is 3.58. The van der Waals surface area contributed by atoms with Crippen LogP contribution in [0.15, 0.2) is 30.3 Å². The highest BCUT2D eigenvalue weighted by molar-refractivity contribution is 5.83. The zero-order chi connectivity index (χ0) is 15.8. The molecule has 6 nitrogen and oxygen atoms in total. The lowest BCUT2D eigenvalue weighted by Crippen LogP contribution is -2.43. The van der Waals surface area contributed by atoms with Crippen LogP contribution in [0.2, 0.25) is 0 Å². The molecular weight excluding hydrogens is 284 g/mol. The number of rotatable bonds is 7. The van der Waals surface area contributed by atoms with Crippen LogP contribution in [-0.2, 0) is 20.8 Å². The fourth-order valence-electron chi connectivity index (χ4n) is 2.37. The normalized spacial score (nSPS) is 16.9. The van der Waals surface area contributed by atoms with E-state index in [9.17, 15) is 14.7 Å². The summed E-state index contributed by atoms with van der Waals surface area (Å²) in [5.74, 6) is -1.29. The van der Waals surface area contributed by atoms with Crippen molar-refractivity contribution in [2.24, 2.45) is 0 Å². The maximum atomic E-state index is 11.9. The minimum absolute atomic E-state index is 0.235. The number of carboxylic acid groups (broad SMARTS) is 1. The molecule has 120 valence electrons. The molecule has 1 aromatic rings. The van der Waals surface area contributed by atoms with Crippen LogP contribution in [0.25, 0.3) is 0 Å². The summed E-state index contributed by atoms with van der Waals surface area (Å²) in [4.78, 5) is 28.6. The molecular formula is C16H22N2O4. The molecule has 0 aromatic heterocycles. The van der Waals surface area contributed by atoms with Crippen LogP contribution in [0.4, 0.5) is 0 Å². The van der Waals surface area contributed by atoms with Gasteiger partial charge in [-0.25, -0.2) is 4.79 Å². The minimum Gasteiger partial charge on any atom is -0.480 e. The molecule has 2 N–H and O–H groups in total. The summed E-state index contributed by atoms with van der Waals surface area (Å²) >= 11 is 0. The molecule has 1 saturated heterocycles. The van der Waals surface area contributed by atoms with Crippen molar-refractivity contribution in [3.05, 3.63) is 35.9 Å². The summed E-state index contributed by atoms with van der Waals surface area (Å²) in [7, 11) is 0. The van der Waals surface area contributed by atoms with Gasteiger partial charge in [-0.05, 0) is 18.4 Å². The number of hydroxylamine groups is 2. The van der Waals surface area contributed by atoms with E-state index in [2.05, 4.69) is 5.32 Å². The van der Waals surface area contributed by atoms with E-state index in [1.165, 1.54) is 0 Å². The van der Waals surface area contributed by atoms with Gasteiger partial charge in [0.15, 0.2) is 0 Å². The van der Waals surface area contributed by atoms with Gasteiger partial charge in [0, 0.05) is 25.9 Å². The minimum atomic E-state index is -1.02. The topological polar surface area (TPSA) is 78.9 Å². The summed E-state index contributed by atoms with van der Waals surface area (Å²) in [5.41, 5.74) is 0.884. The highest BCUT2D eigenvalue weighted by Crippen LogP contribution is 2.07. The Morgan fingerprint density at radius 2 is 2.05 bits per heavy atom. The predicted molar refractivity (Wildman–Crippen MR) is 81.1 cm³/mol. The Morgan fingerprint density at radius 1 is 1.27 bits per heavy atom. The molecule has 0 radical (unpaired) electrons. The molecule has 1 fully saturated rings. The smallest absolute Gasteiger partial charge is 0.326 e. The number of hydrogen-bond acceptors (Lipinski definition) is 4. The SMILES string of the molecule is O=C(CCN1CCCCO1)N[C@@H](Cc1ccccc1)C(=O)O. The molecule has 1 aromatic carbocycles. The molecule has 22 heavy (non-hydrogen) atoms. The number of carbonyl (C=O) groups is 2. The van der Waals surface area contributed by atoms with E-state index < -0.39 is 12.0 Å². The van der Waals surface area contributed by atoms with Crippen molar-refractivity contribution in [2.45, 2.75) is 31.7 Å². The Kier molecular flexibility index (Phi) is 6.36. The van der Waals surface area contributed by atoms with Gasteiger partial charge in [0.2, 0.25) is 5.91 Å². The van der Waals surface area contributed by atoms with Gasteiger partial charge >= 0.3 is 5.97 Å². The van der Waals surface area contributed by atoms with Crippen LogP contribution >= 0.6 is 0 Å². The first-order chi connectivity index (χ1) is 10.6.